The van der Waals surface area contributed by atoms with Crippen LogP contribution >= 0.6 is 0 Å². The Morgan fingerprint density at radius 3 is 0.684 bits per heavy atom. The molecule has 0 bridgehead atoms. The van der Waals surface area contributed by atoms with Crippen LogP contribution in [0.25, 0.3) is 0 Å². The van der Waals surface area contributed by atoms with Gasteiger partial charge in [0.1, 0.15) is 0 Å². The van der Waals surface area contributed by atoms with Crippen molar-refractivity contribution in [3.63, 3.8) is 0 Å². The van der Waals surface area contributed by atoms with E-state index in [0.29, 0.717) is 0 Å². The second-order valence-electron chi connectivity index (χ2n) is 6.11. The first-order valence-corrected chi connectivity index (χ1v) is 7.69. The molecule has 0 aliphatic rings. The SMILES string of the molecule is [CH2-]CCC(C)C.[CH2-]CCC(C)C.[CH2-]CCC(C)C.[Ti+3]. The maximum absolute atomic E-state index is 3.73. The molecule has 0 aromatic heterocycles. The maximum Gasteiger partial charge on any atom is 3.00 e. The second kappa shape index (κ2) is 23.8. The molecule has 0 nitrogen and oxygen atoms in total. The van der Waals surface area contributed by atoms with Crippen LogP contribution in [0.1, 0.15) is 80.1 Å². The Bertz CT molecular complexity index is 93.1. The minimum Gasteiger partial charge on any atom is -0.343 e. The van der Waals surface area contributed by atoms with Crippen LogP contribution in [0.2, 0.25) is 0 Å². The van der Waals surface area contributed by atoms with E-state index in [1.807, 2.05) is 0 Å². The van der Waals surface area contributed by atoms with Gasteiger partial charge in [-0.25, -0.2) is 0 Å². The number of hydrogen-bond donors (Lipinski definition) is 0. The molecule has 0 aromatic rings. The molecular formula is C18H39Ti. The van der Waals surface area contributed by atoms with Crippen molar-refractivity contribution in [3.8, 4) is 0 Å². The smallest absolute Gasteiger partial charge is 0.343 e. The molecule has 1 radical (unpaired) electrons. The van der Waals surface area contributed by atoms with E-state index in [1.165, 1.54) is 19.3 Å². The van der Waals surface area contributed by atoms with Gasteiger partial charge >= 0.3 is 21.7 Å². The Labute approximate surface area is 140 Å². The van der Waals surface area contributed by atoms with Gasteiger partial charge < -0.3 is 20.8 Å². The summed E-state index contributed by atoms with van der Waals surface area (Å²) in [4.78, 5) is 0. The summed E-state index contributed by atoms with van der Waals surface area (Å²) in [6.45, 7) is 24.5. The van der Waals surface area contributed by atoms with Crippen molar-refractivity contribution in [2.75, 3.05) is 0 Å². The van der Waals surface area contributed by atoms with Gasteiger partial charge in [0, 0.05) is 0 Å². The van der Waals surface area contributed by atoms with Gasteiger partial charge in [-0.05, 0) is 17.8 Å². The Balaban J connectivity index is -0.0000000865. The summed E-state index contributed by atoms with van der Waals surface area (Å²) in [6.07, 6.45) is 7.03. The predicted molar refractivity (Wildman–Crippen MR) is 88.3 cm³/mol. The van der Waals surface area contributed by atoms with Crippen molar-refractivity contribution >= 4 is 0 Å². The van der Waals surface area contributed by atoms with E-state index in [2.05, 4.69) is 62.3 Å². The molecule has 19 heavy (non-hydrogen) atoms. The molecule has 0 rings (SSSR count). The quantitative estimate of drug-likeness (QED) is 0.375. The van der Waals surface area contributed by atoms with Crippen LogP contribution in [0.3, 0.4) is 0 Å². The Hall–Kier alpha value is 0.714. The fourth-order valence-corrected chi connectivity index (χ4v) is 1.22. The molecule has 115 valence electrons. The molecule has 0 aliphatic heterocycles. The zero-order valence-electron chi connectivity index (χ0n) is 14.6. The topological polar surface area (TPSA) is 0 Å². The monoisotopic (exact) mass is 303 g/mol. The van der Waals surface area contributed by atoms with Gasteiger partial charge in [-0.3, -0.25) is 0 Å². The molecule has 0 aliphatic carbocycles. The van der Waals surface area contributed by atoms with Gasteiger partial charge in [0.05, 0.1) is 0 Å². The summed E-state index contributed by atoms with van der Waals surface area (Å²) in [5, 5.41) is 0. The molecule has 0 aromatic carbocycles. The molecule has 0 N–H and O–H groups in total. The molecule has 0 spiro atoms. The van der Waals surface area contributed by atoms with Crippen molar-refractivity contribution in [2.45, 2.75) is 80.1 Å². The molecule has 0 amide bonds. The molecular weight excluding hydrogens is 264 g/mol. The summed E-state index contributed by atoms with van der Waals surface area (Å²) >= 11 is 0. The minimum absolute atomic E-state index is 0. The van der Waals surface area contributed by atoms with Gasteiger partial charge in [0.15, 0.2) is 0 Å². The van der Waals surface area contributed by atoms with E-state index in [0.717, 1.165) is 37.0 Å². The van der Waals surface area contributed by atoms with Crippen LogP contribution in [0.5, 0.6) is 0 Å². The fraction of sp³-hybridized carbons (Fsp3) is 0.833. The van der Waals surface area contributed by atoms with E-state index in [4.69, 9.17) is 0 Å². The average molecular weight is 303 g/mol. The molecule has 0 saturated carbocycles. The van der Waals surface area contributed by atoms with Crippen molar-refractivity contribution in [1.82, 2.24) is 0 Å². The third kappa shape index (κ3) is 55.4. The standard InChI is InChI=1S/3C6H13.Ti/c3*1-4-5-6(2)3;/h3*6H,1,4-5H2,2-3H3;/q3*-1;+3. The van der Waals surface area contributed by atoms with Crippen LogP contribution in [0, 0.1) is 38.5 Å². The Kier molecular flexibility index (Phi) is 35.0. The first kappa shape index (κ1) is 28.0. The minimum atomic E-state index is 0. The largest absolute Gasteiger partial charge is 3.00 e. The fourth-order valence-electron chi connectivity index (χ4n) is 1.22. The van der Waals surface area contributed by atoms with Crippen molar-refractivity contribution < 1.29 is 21.7 Å². The van der Waals surface area contributed by atoms with Crippen LogP contribution in [-0.4, -0.2) is 0 Å². The molecule has 0 fully saturated rings. The van der Waals surface area contributed by atoms with Crippen LogP contribution in [0.15, 0.2) is 0 Å². The van der Waals surface area contributed by atoms with Crippen LogP contribution < -0.4 is 0 Å². The van der Waals surface area contributed by atoms with Gasteiger partial charge in [0.25, 0.3) is 0 Å². The Morgan fingerprint density at radius 1 is 0.526 bits per heavy atom. The van der Waals surface area contributed by atoms with E-state index in [9.17, 15) is 0 Å². The van der Waals surface area contributed by atoms with Gasteiger partial charge in [-0.2, -0.15) is 19.3 Å². The zero-order chi connectivity index (χ0) is 15.0. The van der Waals surface area contributed by atoms with Crippen LogP contribution in [-0.2, 0) is 21.7 Å². The normalized spacial score (nSPS) is 9.47. The van der Waals surface area contributed by atoms with Gasteiger partial charge in [-0.15, -0.1) is 0 Å². The van der Waals surface area contributed by atoms with Crippen molar-refractivity contribution in [3.05, 3.63) is 20.8 Å². The second-order valence-corrected chi connectivity index (χ2v) is 6.11. The van der Waals surface area contributed by atoms with E-state index < -0.39 is 0 Å². The van der Waals surface area contributed by atoms with Crippen molar-refractivity contribution in [1.29, 1.82) is 0 Å². The van der Waals surface area contributed by atoms with E-state index in [1.54, 1.807) is 0 Å². The maximum atomic E-state index is 3.73. The third-order valence-electron chi connectivity index (χ3n) is 2.34. The molecule has 0 heterocycles. The van der Waals surface area contributed by atoms with Crippen molar-refractivity contribution in [2.24, 2.45) is 17.8 Å². The predicted octanol–water partition coefficient (Wildman–Crippen LogP) is 6.77. The van der Waals surface area contributed by atoms with Gasteiger partial charge in [-0.1, -0.05) is 60.8 Å². The zero-order valence-corrected chi connectivity index (χ0v) is 16.2. The Morgan fingerprint density at radius 2 is 0.684 bits per heavy atom. The molecule has 0 saturated heterocycles. The third-order valence-corrected chi connectivity index (χ3v) is 2.34. The molecule has 1 heteroatoms. The average Bonchev–Trinajstić information content (AvgIpc) is 2.18. The summed E-state index contributed by atoms with van der Waals surface area (Å²) in [7, 11) is 0. The first-order valence-electron chi connectivity index (χ1n) is 7.69. The summed E-state index contributed by atoms with van der Waals surface area (Å²) in [5.41, 5.74) is 0. The number of rotatable bonds is 6. The summed E-state index contributed by atoms with van der Waals surface area (Å²) < 4.78 is 0. The summed E-state index contributed by atoms with van der Waals surface area (Å²) in [6, 6.07) is 0. The van der Waals surface area contributed by atoms with E-state index in [-0.39, 0.29) is 21.7 Å². The van der Waals surface area contributed by atoms with E-state index >= 15 is 0 Å². The molecule has 0 atom stereocenters. The van der Waals surface area contributed by atoms with Crippen LogP contribution in [0.4, 0.5) is 0 Å². The first-order chi connectivity index (χ1) is 8.31. The van der Waals surface area contributed by atoms with Gasteiger partial charge in [0.2, 0.25) is 0 Å². The molecule has 0 unspecified atom stereocenters. The number of hydrogen-bond acceptors (Lipinski definition) is 0. The summed E-state index contributed by atoms with van der Waals surface area (Å²) in [5.74, 6) is 2.51.